The lowest BCUT2D eigenvalue weighted by atomic mass is 10.1. The van der Waals surface area contributed by atoms with Gasteiger partial charge in [0.15, 0.2) is 5.13 Å². The molecule has 0 atom stereocenters. The molecule has 0 fully saturated rings. The smallest absolute Gasteiger partial charge is 0.183 e. The van der Waals surface area contributed by atoms with Gasteiger partial charge in [-0.3, -0.25) is 0 Å². The normalized spacial score (nSPS) is 10.4. The third-order valence-corrected chi connectivity index (χ3v) is 3.62. The quantitative estimate of drug-likeness (QED) is 0.873. The Morgan fingerprint density at radius 3 is 2.38 bits per heavy atom. The summed E-state index contributed by atoms with van der Waals surface area (Å²) in [6, 6.07) is 8.57. The molecule has 2 aromatic rings. The molecule has 0 radical (unpaired) electrons. The van der Waals surface area contributed by atoms with Crippen LogP contribution in [0.15, 0.2) is 24.3 Å². The zero-order valence-corrected chi connectivity index (χ0v) is 10.7. The molecule has 1 aromatic carbocycles. The lowest BCUT2D eigenvalue weighted by Gasteiger charge is -2.02. The fraction of sp³-hybridized carbons (Fsp3) is 0.308. The number of hydrogen-bond donors (Lipinski definition) is 1. The second kappa shape index (κ2) is 4.66. The summed E-state index contributed by atoms with van der Waals surface area (Å²) in [7, 11) is 0. The number of aryl methyl sites for hydroxylation is 3. The van der Waals surface area contributed by atoms with Crippen molar-refractivity contribution in [2.75, 3.05) is 5.32 Å². The van der Waals surface area contributed by atoms with Crippen molar-refractivity contribution < 1.29 is 0 Å². The van der Waals surface area contributed by atoms with Crippen molar-refractivity contribution in [3.05, 3.63) is 46.0 Å². The maximum absolute atomic E-state index is 4.45. The summed E-state index contributed by atoms with van der Waals surface area (Å²) in [4.78, 5) is 5.73. The Balaban J connectivity index is 1.99. The Bertz CT molecular complexity index is 452. The van der Waals surface area contributed by atoms with Gasteiger partial charge in [-0.2, -0.15) is 0 Å². The molecular formula is C13H16N2S. The monoisotopic (exact) mass is 232 g/mol. The number of nitrogens with zero attached hydrogens (tertiary/aromatic N) is 1. The van der Waals surface area contributed by atoms with E-state index in [0.717, 1.165) is 17.4 Å². The van der Waals surface area contributed by atoms with Crippen molar-refractivity contribution in [1.29, 1.82) is 0 Å². The molecular weight excluding hydrogens is 216 g/mol. The highest BCUT2D eigenvalue weighted by Crippen LogP contribution is 2.21. The second-order valence-corrected chi connectivity index (χ2v) is 5.20. The largest absolute Gasteiger partial charge is 0.357 e. The van der Waals surface area contributed by atoms with Crippen molar-refractivity contribution in [3.63, 3.8) is 0 Å². The number of hydrogen-bond acceptors (Lipinski definition) is 3. The predicted octanol–water partition coefficient (Wildman–Crippen LogP) is 3.68. The number of thiazole rings is 1. The molecule has 3 heteroatoms. The van der Waals surface area contributed by atoms with E-state index in [0.29, 0.717) is 0 Å². The number of aromatic nitrogens is 1. The van der Waals surface area contributed by atoms with Crippen LogP contribution >= 0.6 is 11.3 Å². The Morgan fingerprint density at radius 1 is 1.12 bits per heavy atom. The Labute approximate surface area is 100 Å². The summed E-state index contributed by atoms with van der Waals surface area (Å²) in [6.07, 6.45) is 0. The van der Waals surface area contributed by atoms with Crippen LogP contribution in [0, 0.1) is 20.8 Å². The first-order chi connectivity index (χ1) is 7.65. The molecule has 0 bridgehead atoms. The van der Waals surface area contributed by atoms with Crippen molar-refractivity contribution in [2.24, 2.45) is 0 Å². The molecule has 0 amide bonds. The molecule has 0 spiro atoms. The minimum absolute atomic E-state index is 0.840. The Kier molecular flexibility index (Phi) is 3.25. The number of benzene rings is 1. The van der Waals surface area contributed by atoms with E-state index >= 15 is 0 Å². The molecule has 0 saturated heterocycles. The van der Waals surface area contributed by atoms with Gasteiger partial charge < -0.3 is 5.32 Å². The van der Waals surface area contributed by atoms with Crippen LogP contribution < -0.4 is 5.32 Å². The van der Waals surface area contributed by atoms with E-state index < -0.39 is 0 Å². The van der Waals surface area contributed by atoms with Crippen LogP contribution in [0.1, 0.15) is 21.7 Å². The lowest BCUT2D eigenvalue weighted by molar-refractivity contribution is 1.11. The molecule has 84 valence electrons. The van der Waals surface area contributed by atoms with Gasteiger partial charge in [0.2, 0.25) is 0 Å². The van der Waals surface area contributed by atoms with E-state index in [1.165, 1.54) is 16.0 Å². The highest BCUT2D eigenvalue weighted by atomic mass is 32.1. The van der Waals surface area contributed by atoms with Crippen molar-refractivity contribution in [2.45, 2.75) is 27.3 Å². The van der Waals surface area contributed by atoms with E-state index in [1.54, 1.807) is 11.3 Å². The molecule has 2 rings (SSSR count). The van der Waals surface area contributed by atoms with Crippen molar-refractivity contribution in [3.8, 4) is 0 Å². The first-order valence-corrected chi connectivity index (χ1v) is 6.20. The van der Waals surface area contributed by atoms with Gasteiger partial charge in [0.05, 0.1) is 5.69 Å². The van der Waals surface area contributed by atoms with Gasteiger partial charge in [-0.05, 0) is 26.3 Å². The molecule has 0 aliphatic carbocycles. The van der Waals surface area contributed by atoms with Crippen molar-refractivity contribution in [1.82, 2.24) is 4.98 Å². The third-order valence-electron chi connectivity index (χ3n) is 2.59. The molecule has 1 heterocycles. The summed E-state index contributed by atoms with van der Waals surface area (Å²) >= 11 is 1.71. The average molecular weight is 232 g/mol. The molecule has 0 aliphatic heterocycles. The summed E-state index contributed by atoms with van der Waals surface area (Å²) in [5.41, 5.74) is 3.71. The minimum atomic E-state index is 0.840. The van der Waals surface area contributed by atoms with Gasteiger partial charge in [0.1, 0.15) is 0 Å². The Hall–Kier alpha value is -1.35. The average Bonchev–Trinajstić information content (AvgIpc) is 2.58. The Morgan fingerprint density at radius 2 is 1.81 bits per heavy atom. The van der Waals surface area contributed by atoms with Gasteiger partial charge in [-0.15, -0.1) is 11.3 Å². The van der Waals surface area contributed by atoms with Gasteiger partial charge in [0.25, 0.3) is 0 Å². The zero-order chi connectivity index (χ0) is 11.5. The molecule has 0 aliphatic rings. The topological polar surface area (TPSA) is 24.9 Å². The highest BCUT2D eigenvalue weighted by molar-refractivity contribution is 7.15. The van der Waals surface area contributed by atoms with Crippen LogP contribution in [-0.4, -0.2) is 4.98 Å². The predicted molar refractivity (Wildman–Crippen MR) is 70.1 cm³/mol. The molecule has 2 nitrogen and oxygen atoms in total. The van der Waals surface area contributed by atoms with Crippen molar-refractivity contribution >= 4 is 16.5 Å². The lowest BCUT2D eigenvalue weighted by Crippen LogP contribution is -1.98. The van der Waals surface area contributed by atoms with Crippen LogP contribution in [0.25, 0.3) is 0 Å². The number of anilines is 1. The standard InChI is InChI=1S/C13H16N2S/c1-9-4-6-12(7-5-9)8-14-13-15-10(2)11(3)16-13/h4-7H,8H2,1-3H3,(H,14,15). The second-order valence-electron chi connectivity index (χ2n) is 4.00. The van der Waals surface area contributed by atoms with E-state index in [1.807, 2.05) is 6.92 Å². The maximum Gasteiger partial charge on any atom is 0.183 e. The fourth-order valence-electron chi connectivity index (χ4n) is 1.43. The SMILES string of the molecule is Cc1ccc(CNc2nc(C)c(C)s2)cc1. The van der Waals surface area contributed by atoms with Crippen LogP contribution in [0.3, 0.4) is 0 Å². The van der Waals surface area contributed by atoms with Gasteiger partial charge >= 0.3 is 0 Å². The van der Waals surface area contributed by atoms with Gasteiger partial charge in [0, 0.05) is 11.4 Å². The van der Waals surface area contributed by atoms with Gasteiger partial charge in [-0.1, -0.05) is 29.8 Å². The highest BCUT2D eigenvalue weighted by Gasteiger charge is 2.02. The molecule has 1 N–H and O–H groups in total. The van der Waals surface area contributed by atoms with Gasteiger partial charge in [-0.25, -0.2) is 4.98 Å². The summed E-state index contributed by atoms with van der Waals surface area (Å²) in [6.45, 7) is 7.09. The van der Waals surface area contributed by atoms with Crippen LogP contribution in [0.2, 0.25) is 0 Å². The van der Waals surface area contributed by atoms with E-state index in [-0.39, 0.29) is 0 Å². The maximum atomic E-state index is 4.45. The van der Waals surface area contributed by atoms with Crippen LogP contribution in [0.5, 0.6) is 0 Å². The first kappa shape index (κ1) is 11.1. The van der Waals surface area contributed by atoms with E-state index in [9.17, 15) is 0 Å². The summed E-state index contributed by atoms with van der Waals surface area (Å²) in [5, 5.41) is 4.36. The summed E-state index contributed by atoms with van der Waals surface area (Å²) < 4.78 is 0. The molecule has 16 heavy (non-hydrogen) atoms. The van der Waals surface area contributed by atoms with Crippen LogP contribution in [0.4, 0.5) is 5.13 Å². The molecule has 0 unspecified atom stereocenters. The molecule has 1 aromatic heterocycles. The van der Waals surface area contributed by atoms with E-state index in [4.69, 9.17) is 0 Å². The fourth-order valence-corrected chi connectivity index (χ4v) is 2.24. The first-order valence-electron chi connectivity index (χ1n) is 5.38. The van der Waals surface area contributed by atoms with E-state index in [2.05, 4.69) is 48.4 Å². The number of rotatable bonds is 3. The van der Waals surface area contributed by atoms with Crippen LogP contribution in [-0.2, 0) is 6.54 Å². The summed E-state index contributed by atoms with van der Waals surface area (Å²) in [5.74, 6) is 0. The third kappa shape index (κ3) is 2.61. The molecule has 0 saturated carbocycles. The minimum Gasteiger partial charge on any atom is -0.357 e. The zero-order valence-electron chi connectivity index (χ0n) is 9.87. The number of nitrogens with one attached hydrogen (secondary N) is 1.